The first kappa shape index (κ1) is 15.8. The second kappa shape index (κ2) is 7.98. The van der Waals surface area contributed by atoms with E-state index >= 15 is 0 Å². The zero-order chi connectivity index (χ0) is 15.1. The summed E-state index contributed by atoms with van der Waals surface area (Å²) < 4.78 is 0. The maximum absolute atomic E-state index is 6.02. The van der Waals surface area contributed by atoms with E-state index in [1.165, 1.54) is 5.69 Å². The van der Waals surface area contributed by atoms with Crippen LogP contribution in [-0.4, -0.2) is 55.0 Å². The van der Waals surface area contributed by atoms with Gasteiger partial charge in [0.2, 0.25) is 0 Å². The van der Waals surface area contributed by atoms with Crippen molar-refractivity contribution >= 4 is 11.5 Å². The highest BCUT2D eigenvalue weighted by atomic mass is 15.3. The van der Waals surface area contributed by atoms with Gasteiger partial charge in [-0.25, -0.2) is 0 Å². The largest absolute Gasteiger partial charge is 0.386 e. The Balaban J connectivity index is 1.74. The van der Waals surface area contributed by atoms with Crippen LogP contribution < -0.4 is 10.6 Å². The van der Waals surface area contributed by atoms with Crippen LogP contribution in [0.15, 0.2) is 29.5 Å². The highest BCUT2D eigenvalue weighted by Crippen LogP contribution is 2.14. The minimum atomic E-state index is 0.685. The maximum Gasteiger partial charge on any atom is 0.108 e. The molecule has 5 nitrogen and oxygen atoms in total. The van der Waals surface area contributed by atoms with Crippen molar-refractivity contribution in [1.82, 2.24) is 9.88 Å². The fraction of sp³-hybridized carbons (Fsp3) is 0.625. The van der Waals surface area contributed by atoms with Gasteiger partial charge in [-0.1, -0.05) is 13.8 Å². The van der Waals surface area contributed by atoms with Gasteiger partial charge in [0.15, 0.2) is 0 Å². The molecule has 2 N–H and O–H groups in total. The number of hydrogen-bond donors (Lipinski definition) is 1. The van der Waals surface area contributed by atoms with Crippen LogP contribution >= 0.6 is 0 Å². The SMILES string of the molecule is CC(C)CCN=C(N)CN1CCN(c2cccnc2)CC1. The lowest BCUT2D eigenvalue weighted by Crippen LogP contribution is -2.49. The summed E-state index contributed by atoms with van der Waals surface area (Å²) in [5.74, 6) is 1.45. The molecule has 0 aromatic carbocycles. The summed E-state index contributed by atoms with van der Waals surface area (Å²) in [4.78, 5) is 13.4. The van der Waals surface area contributed by atoms with Gasteiger partial charge >= 0.3 is 0 Å². The van der Waals surface area contributed by atoms with Gasteiger partial charge in [0.1, 0.15) is 5.84 Å². The standard InChI is InChI=1S/C16H27N5/c1-14(2)5-7-19-16(17)13-20-8-10-21(11-9-20)15-4-3-6-18-12-15/h3-4,6,12,14H,5,7-11,13H2,1-2H3,(H2,17,19). The summed E-state index contributed by atoms with van der Waals surface area (Å²) >= 11 is 0. The van der Waals surface area contributed by atoms with Crippen LogP contribution in [0.1, 0.15) is 20.3 Å². The van der Waals surface area contributed by atoms with Crippen molar-refractivity contribution in [3.63, 3.8) is 0 Å². The minimum absolute atomic E-state index is 0.685. The molecule has 0 bridgehead atoms. The van der Waals surface area contributed by atoms with Crippen LogP contribution in [0.3, 0.4) is 0 Å². The number of piperazine rings is 1. The summed E-state index contributed by atoms with van der Waals surface area (Å²) in [6, 6.07) is 4.10. The Morgan fingerprint density at radius 3 is 2.71 bits per heavy atom. The molecule has 0 atom stereocenters. The number of pyridine rings is 1. The van der Waals surface area contributed by atoms with E-state index in [0.29, 0.717) is 5.92 Å². The molecule has 2 heterocycles. The topological polar surface area (TPSA) is 57.8 Å². The maximum atomic E-state index is 6.02. The van der Waals surface area contributed by atoms with Gasteiger partial charge in [-0.05, 0) is 24.5 Å². The third-order valence-corrected chi connectivity index (χ3v) is 3.79. The van der Waals surface area contributed by atoms with Crippen molar-refractivity contribution in [1.29, 1.82) is 0 Å². The van der Waals surface area contributed by atoms with Gasteiger partial charge in [-0.15, -0.1) is 0 Å². The summed E-state index contributed by atoms with van der Waals surface area (Å²) in [5, 5.41) is 0. The third kappa shape index (κ3) is 5.34. The Hall–Kier alpha value is -1.62. The van der Waals surface area contributed by atoms with Crippen molar-refractivity contribution in [3.05, 3.63) is 24.5 Å². The molecule has 0 aliphatic carbocycles. The smallest absolute Gasteiger partial charge is 0.108 e. The average molecular weight is 289 g/mol. The van der Waals surface area contributed by atoms with Gasteiger partial charge < -0.3 is 10.6 Å². The highest BCUT2D eigenvalue weighted by Gasteiger charge is 2.17. The quantitative estimate of drug-likeness (QED) is 0.638. The van der Waals surface area contributed by atoms with Gasteiger partial charge in [-0.2, -0.15) is 0 Å². The lowest BCUT2D eigenvalue weighted by Gasteiger charge is -2.35. The number of hydrogen-bond acceptors (Lipinski definition) is 4. The fourth-order valence-corrected chi connectivity index (χ4v) is 2.45. The van der Waals surface area contributed by atoms with Crippen molar-refractivity contribution in [2.75, 3.05) is 44.2 Å². The molecule has 116 valence electrons. The monoisotopic (exact) mass is 289 g/mol. The number of amidine groups is 1. The zero-order valence-electron chi connectivity index (χ0n) is 13.2. The first-order chi connectivity index (χ1) is 10.1. The van der Waals surface area contributed by atoms with E-state index in [-0.39, 0.29) is 0 Å². The van der Waals surface area contributed by atoms with E-state index in [1.807, 2.05) is 18.5 Å². The number of rotatable bonds is 6. The number of aliphatic imine (C=N–C) groups is 1. The minimum Gasteiger partial charge on any atom is -0.386 e. The highest BCUT2D eigenvalue weighted by molar-refractivity contribution is 5.82. The van der Waals surface area contributed by atoms with Crippen LogP contribution in [0.25, 0.3) is 0 Å². The number of nitrogens with two attached hydrogens (primary N) is 1. The summed E-state index contributed by atoms with van der Waals surface area (Å²) in [6.07, 6.45) is 4.85. The third-order valence-electron chi connectivity index (χ3n) is 3.79. The Morgan fingerprint density at radius 2 is 2.10 bits per heavy atom. The zero-order valence-corrected chi connectivity index (χ0v) is 13.2. The van der Waals surface area contributed by atoms with E-state index in [2.05, 4.69) is 39.7 Å². The van der Waals surface area contributed by atoms with Crippen LogP contribution in [-0.2, 0) is 0 Å². The molecule has 1 aromatic rings. The Kier molecular flexibility index (Phi) is 5.99. The number of nitrogens with zero attached hydrogens (tertiary/aromatic N) is 4. The van der Waals surface area contributed by atoms with Crippen molar-refractivity contribution in [3.8, 4) is 0 Å². The Morgan fingerprint density at radius 1 is 1.33 bits per heavy atom. The van der Waals surface area contributed by atoms with E-state index in [9.17, 15) is 0 Å². The van der Waals surface area contributed by atoms with Gasteiger partial charge in [-0.3, -0.25) is 14.9 Å². The Labute approximate surface area is 127 Å². The van der Waals surface area contributed by atoms with Crippen LogP contribution in [0.2, 0.25) is 0 Å². The summed E-state index contributed by atoms with van der Waals surface area (Å²) in [7, 11) is 0. The molecular weight excluding hydrogens is 262 g/mol. The molecule has 1 aromatic heterocycles. The molecule has 0 unspecified atom stereocenters. The molecule has 0 radical (unpaired) electrons. The molecule has 0 saturated carbocycles. The van der Waals surface area contributed by atoms with Gasteiger partial charge in [0.25, 0.3) is 0 Å². The first-order valence-electron chi connectivity index (χ1n) is 7.81. The van der Waals surface area contributed by atoms with Crippen molar-refractivity contribution in [2.45, 2.75) is 20.3 Å². The molecule has 0 spiro atoms. The van der Waals surface area contributed by atoms with E-state index < -0.39 is 0 Å². The Bertz CT molecular complexity index is 435. The normalized spacial score (nSPS) is 17.5. The van der Waals surface area contributed by atoms with Crippen LogP contribution in [0, 0.1) is 5.92 Å². The molecule has 1 aliphatic rings. The first-order valence-corrected chi connectivity index (χ1v) is 7.81. The molecule has 1 aliphatic heterocycles. The predicted octanol–water partition coefficient (Wildman–Crippen LogP) is 1.61. The molecular formula is C16H27N5. The van der Waals surface area contributed by atoms with Crippen LogP contribution in [0.4, 0.5) is 5.69 Å². The fourth-order valence-electron chi connectivity index (χ4n) is 2.45. The second-order valence-corrected chi connectivity index (χ2v) is 6.03. The molecule has 21 heavy (non-hydrogen) atoms. The number of aromatic nitrogens is 1. The summed E-state index contributed by atoms with van der Waals surface area (Å²) in [5.41, 5.74) is 7.23. The predicted molar refractivity (Wildman–Crippen MR) is 88.8 cm³/mol. The lowest BCUT2D eigenvalue weighted by atomic mass is 10.1. The lowest BCUT2D eigenvalue weighted by molar-refractivity contribution is 0.291. The second-order valence-electron chi connectivity index (χ2n) is 6.03. The average Bonchev–Trinajstić information content (AvgIpc) is 2.48. The van der Waals surface area contributed by atoms with Crippen LogP contribution in [0.5, 0.6) is 0 Å². The molecule has 5 heteroatoms. The van der Waals surface area contributed by atoms with E-state index in [4.69, 9.17) is 5.73 Å². The van der Waals surface area contributed by atoms with E-state index in [1.54, 1.807) is 0 Å². The molecule has 2 rings (SSSR count). The number of anilines is 1. The van der Waals surface area contributed by atoms with Crippen molar-refractivity contribution in [2.24, 2.45) is 16.6 Å². The molecule has 1 saturated heterocycles. The van der Waals surface area contributed by atoms with Crippen molar-refractivity contribution < 1.29 is 0 Å². The molecule has 0 amide bonds. The van der Waals surface area contributed by atoms with E-state index in [0.717, 1.165) is 51.5 Å². The summed E-state index contributed by atoms with van der Waals surface area (Å²) in [6.45, 7) is 10.1. The van der Waals surface area contributed by atoms with Gasteiger partial charge in [0, 0.05) is 38.9 Å². The van der Waals surface area contributed by atoms with Gasteiger partial charge in [0.05, 0.1) is 18.4 Å². The molecule has 1 fully saturated rings.